The summed E-state index contributed by atoms with van der Waals surface area (Å²) in [5.41, 5.74) is 2.58. The van der Waals surface area contributed by atoms with Gasteiger partial charge in [0.2, 0.25) is 0 Å². The van der Waals surface area contributed by atoms with E-state index in [1.54, 1.807) is 6.08 Å². The van der Waals surface area contributed by atoms with E-state index < -0.39 is 11.7 Å². The molecule has 2 aromatic rings. The Morgan fingerprint density at radius 2 is 1.68 bits per heavy atom. The Morgan fingerprint density at radius 3 is 2.44 bits per heavy atom. The summed E-state index contributed by atoms with van der Waals surface area (Å²) < 4.78 is 6.12. The summed E-state index contributed by atoms with van der Waals surface area (Å²) >= 11 is 0. The SMILES string of the molecule is CC1(C)OC2C(=O)N(Cc3ccccc3)C(=O)C2=Cc2ccccc21. The molecule has 0 spiro atoms. The van der Waals surface area contributed by atoms with Gasteiger partial charge in [0.05, 0.1) is 17.7 Å². The number of hydrogen-bond donors (Lipinski definition) is 0. The Kier molecular flexibility index (Phi) is 3.58. The molecule has 2 amide bonds. The molecule has 4 nitrogen and oxygen atoms in total. The highest BCUT2D eigenvalue weighted by molar-refractivity contribution is 6.18. The highest BCUT2D eigenvalue weighted by Crippen LogP contribution is 2.39. The predicted molar refractivity (Wildman–Crippen MR) is 94.3 cm³/mol. The fourth-order valence-electron chi connectivity index (χ4n) is 3.51. The molecule has 25 heavy (non-hydrogen) atoms. The topological polar surface area (TPSA) is 46.6 Å². The molecular formula is C21H19NO3. The molecule has 4 heteroatoms. The number of fused-ring (bicyclic) bond motifs is 2. The average Bonchev–Trinajstić information content (AvgIpc) is 2.75. The standard InChI is InChI=1S/C21H19NO3/c1-21(2)17-11-7-6-10-15(17)12-16-18(25-21)20(24)22(19(16)23)13-14-8-4-3-5-9-14/h3-12,18H,13H2,1-2H3. The molecule has 1 saturated heterocycles. The smallest absolute Gasteiger partial charge is 0.263 e. The van der Waals surface area contributed by atoms with Crippen LogP contribution in [0.2, 0.25) is 0 Å². The van der Waals surface area contributed by atoms with Gasteiger partial charge in [-0.05, 0) is 36.6 Å². The van der Waals surface area contributed by atoms with E-state index in [4.69, 9.17) is 4.74 Å². The third-order valence-corrected chi connectivity index (χ3v) is 4.78. The molecule has 0 saturated carbocycles. The molecule has 0 N–H and O–H groups in total. The Hall–Kier alpha value is -2.72. The molecule has 126 valence electrons. The van der Waals surface area contributed by atoms with E-state index in [0.29, 0.717) is 5.57 Å². The van der Waals surface area contributed by atoms with Crippen LogP contribution >= 0.6 is 0 Å². The van der Waals surface area contributed by atoms with Gasteiger partial charge in [-0.2, -0.15) is 0 Å². The molecule has 0 aliphatic carbocycles. The van der Waals surface area contributed by atoms with Crippen molar-refractivity contribution >= 4 is 17.9 Å². The van der Waals surface area contributed by atoms with Crippen molar-refractivity contribution < 1.29 is 14.3 Å². The van der Waals surface area contributed by atoms with Crippen molar-refractivity contribution in [2.45, 2.75) is 32.1 Å². The second kappa shape index (κ2) is 5.67. The van der Waals surface area contributed by atoms with E-state index >= 15 is 0 Å². The molecule has 4 rings (SSSR count). The summed E-state index contributed by atoms with van der Waals surface area (Å²) in [6.07, 6.45) is 0.957. The van der Waals surface area contributed by atoms with Gasteiger partial charge in [0.1, 0.15) is 0 Å². The Bertz CT molecular complexity index is 883. The number of carbonyl (C=O) groups excluding carboxylic acids is 2. The Balaban J connectivity index is 1.75. The zero-order valence-corrected chi connectivity index (χ0v) is 14.2. The first-order valence-corrected chi connectivity index (χ1v) is 8.36. The maximum absolute atomic E-state index is 12.9. The van der Waals surface area contributed by atoms with E-state index in [1.165, 1.54) is 4.90 Å². The van der Waals surface area contributed by atoms with Gasteiger partial charge in [-0.1, -0.05) is 54.6 Å². The number of nitrogens with zero attached hydrogens (tertiary/aromatic N) is 1. The van der Waals surface area contributed by atoms with Crippen LogP contribution in [-0.2, 0) is 26.5 Å². The summed E-state index contributed by atoms with van der Waals surface area (Å²) in [4.78, 5) is 27.1. The summed E-state index contributed by atoms with van der Waals surface area (Å²) in [6.45, 7) is 4.12. The van der Waals surface area contributed by atoms with Crippen LogP contribution < -0.4 is 0 Å². The molecular weight excluding hydrogens is 314 g/mol. The second-order valence-corrected chi connectivity index (χ2v) is 6.91. The molecule has 0 radical (unpaired) electrons. The number of rotatable bonds is 2. The second-order valence-electron chi connectivity index (χ2n) is 6.91. The lowest BCUT2D eigenvalue weighted by molar-refractivity contribution is -0.148. The molecule has 0 aromatic heterocycles. The van der Waals surface area contributed by atoms with Crippen molar-refractivity contribution in [3.63, 3.8) is 0 Å². The lowest BCUT2D eigenvalue weighted by Crippen LogP contribution is -2.36. The van der Waals surface area contributed by atoms with Crippen molar-refractivity contribution in [2.75, 3.05) is 0 Å². The lowest BCUT2D eigenvalue weighted by atomic mass is 9.93. The van der Waals surface area contributed by atoms with Crippen LogP contribution in [0, 0.1) is 0 Å². The molecule has 1 unspecified atom stereocenters. The maximum atomic E-state index is 12.9. The first kappa shape index (κ1) is 15.8. The monoisotopic (exact) mass is 333 g/mol. The van der Waals surface area contributed by atoms with Gasteiger partial charge in [-0.15, -0.1) is 0 Å². The summed E-state index contributed by atoms with van der Waals surface area (Å²) in [5, 5.41) is 0. The summed E-state index contributed by atoms with van der Waals surface area (Å²) in [7, 11) is 0. The Morgan fingerprint density at radius 1 is 1.00 bits per heavy atom. The number of likely N-dealkylation sites (tertiary alicyclic amines) is 1. The molecule has 2 heterocycles. The number of carbonyl (C=O) groups is 2. The molecule has 2 aliphatic rings. The summed E-state index contributed by atoms with van der Waals surface area (Å²) in [5.74, 6) is -0.563. The molecule has 1 atom stereocenters. The molecule has 1 fully saturated rings. The Labute approximate surface area is 146 Å². The quantitative estimate of drug-likeness (QED) is 0.793. The fourth-order valence-corrected chi connectivity index (χ4v) is 3.51. The van der Waals surface area contributed by atoms with Crippen molar-refractivity contribution in [3.8, 4) is 0 Å². The van der Waals surface area contributed by atoms with Gasteiger partial charge < -0.3 is 4.74 Å². The van der Waals surface area contributed by atoms with Crippen LogP contribution in [0.5, 0.6) is 0 Å². The van der Waals surface area contributed by atoms with Crippen LogP contribution in [0.4, 0.5) is 0 Å². The van der Waals surface area contributed by atoms with Gasteiger partial charge in [-0.3, -0.25) is 14.5 Å². The predicted octanol–water partition coefficient (Wildman–Crippen LogP) is 3.27. The zero-order valence-electron chi connectivity index (χ0n) is 14.2. The van der Waals surface area contributed by atoms with E-state index in [1.807, 2.05) is 68.4 Å². The van der Waals surface area contributed by atoms with Crippen LogP contribution in [-0.4, -0.2) is 22.8 Å². The minimum absolute atomic E-state index is 0.262. The van der Waals surface area contributed by atoms with Crippen LogP contribution in [0.15, 0.2) is 60.2 Å². The van der Waals surface area contributed by atoms with E-state index in [9.17, 15) is 9.59 Å². The summed E-state index contributed by atoms with van der Waals surface area (Å²) in [6, 6.07) is 17.3. The third kappa shape index (κ3) is 2.59. The van der Waals surface area contributed by atoms with Crippen LogP contribution in [0.1, 0.15) is 30.5 Å². The third-order valence-electron chi connectivity index (χ3n) is 4.78. The number of hydrogen-bond acceptors (Lipinski definition) is 3. The van der Waals surface area contributed by atoms with Gasteiger partial charge in [0.15, 0.2) is 6.10 Å². The van der Waals surface area contributed by atoms with Crippen molar-refractivity contribution in [1.29, 1.82) is 0 Å². The zero-order chi connectivity index (χ0) is 17.6. The van der Waals surface area contributed by atoms with Gasteiger partial charge in [-0.25, -0.2) is 0 Å². The van der Waals surface area contributed by atoms with Crippen molar-refractivity contribution in [1.82, 2.24) is 4.90 Å². The minimum atomic E-state index is -0.849. The average molecular weight is 333 g/mol. The van der Waals surface area contributed by atoms with E-state index in [0.717, 1.165) is 16.7 Å². The van der Waals surface area contributed by atoms with Crippen molar-refractivity contribution in [3.05, 3.63) is 76.9 Å². The number of amides is 2. The van der Waals surface area contributed by atoms with Crippen molar-refractivity contribution in [2.24, 2.45) is 0 Å². The van der Waals surface area contributed by atoms with Crippen LogP contribution in [0.25, 0.3) is 6.08 Å². The first-order valence-electron chi connectivity index (χ1n) is 8.36. The largest absolute Gasteiger partial charge is 0.353 e. The maximum Gasteiger partial charge on any atom is 0.263 e. The first-order chi connectivity index (χ1) is 12.0. The fraction of sp³-hybridized carbons (Fsp3) is 0.238. The number of benzene rings is 2. The van der Waals surface area contributed by atoms with E-state index in [-0.39, 0.29) is 18.4 Å². The van der Waals surface area contributed by atoms with E-state index in [2.05, 4.69) is 0 Å². The number of ether oxygens (including phenoxy) is 1. The van der Waals surface area contributed by atoms with Gasteiger partial charge in [0, 0.05) is 0 Å². The highest BCUT2D eigenvalue weighted by atomic mass is 16.5. The number of imide groups is 1. The normalized spacial score (nSPS) is 21.4. The molecule has 2 aliphatic heterocycles. The molecule has 0 bridgehead atoms. The van der Waals surface area contributed by atoms with Gasteiger partial charge in [0.25, 0.3) is 11.8 Å². The molecule has 2 aromatic carbocycles. The van der Waals surface area contributed by atoms with Gasteiger partial charge >= 0.3 is 0 Å². The minimum Gasteiger partial charge on any atom is -0.353 e. The van der Waals surface area contributed by atoms with Crippen LogP contribution in [0.3, 0.4) is 0 Å². The highest BCUT2D eigenvalue weighted by Gasteiger charge is 2.48. The lowest BCUT2D eigenvalue weighted by Gasteiger charge is -2.28.